The van der Waals surface area contributed by atoms with E-state index in [4.69, 9.17) is 0 Å². The van der Waals surface area contributed by atoms with E-state index in [-0.39, 0.29) is 0 Å². The topological polar surface area (TPSA) is 60.0 Å². The number of nitrogens with one attached hydrogen (secondary N) is 1. The molecule has 0 radical (unpaired) electrons. The Kier molecular flexibility index (Phi) is 3.23. The third kappa shape index (κ3) is 2.47. The molecular weight excluding hydrogens is 284 g/mol. The number of hydrogen-bond acceptors (Lipinski definition) is 5. The van der Waals surface area contributed by atoms with Crippen molar-refractivity contribution in [3.63, 3.8) is 0 Å². The standard InChI is InChI=1S/C14H18N6S/c1-2-12-17-13-4-3-10(9-20(13)18-12)15-7-11-8-19-5-6-21-14(19)16-11/h5-6,8,10,15H,2-4,7,9H2,1H3. The van der Waals surface area contributed by atoms with E-state index >= 15 is 0 Å². The highest BCUT2D eigenvalue weighted by atomic mass is 32.1. The number of imidazole rings is 1. The molecule has 0 aliphatic carbocycles. The van der Waals surface area contributed by atoms with Gasteiger partial charge in [0.05, 0.1) is 12.2 Å². The zero-order valence-electron chi connectivity index (χ0n) is 12.0. The van der Waals surface area contributed by atoms with Gasteiger partial charge in [-0.25, -0.2) is 14.6 Å². The number of fused-ring (bicyclic) bond motifs is 2. The summed E-state index contributed by atoms with van der Waals surface area (Å²) < 4.78 is 4.14. The summed E-state index contributed by atoms with van der Waals surface area (Å²) in [6.07, 6.45) is 7.17. The van der Waals surface area contributed by atoms with E-state index in [9.17, 15) is 0 Å². The van der Waals surface area contributed by atoms with Gasteiger partial charge in [0.15, 0.2) is 10.8 Å². The third-order valence-electron chi connectivity index (χ3n) is 3.93. The van der Waals surface area contributed by atoms with Crippen molar-refractivity contribution in [2.24, 2.45) is 0 Å². The molecule has 0 aromatic carbocycles. The number of thiazole rings is 1. The largest absolute Gasteiger partial charge is 0.306 e. The molecule has 0 bridgehead atoms. The molecule has 3 aromatic rings. The van der Waals surface area contributed by atoms with E-state index in [1.165, 1.54) is 0 Å². The Morgan fingerprint density at radius 2 is 2.38 bits per heavy atom. The summed E-state index contributed by atoms with van der Waals surface area (Å²) >= 11 is 1.67. The van der Waals surface area contributed by atoms with Crippen LogP contribution < -0.4 is 5.32 Å². The highest BCUT2D eigenvalue weighted by Crippen LogP contribution is 2.15. The molecule has 3 aromatic heterocycles. The van der Waals surface area contributed by atoms with Crippen LogP contribution in [0.15, 0.2) is 17.8 Å². The van der Waals surface area contributed by atoms with Crippen LogP contribution in [0, 0.1) is 0 Å². The van der Waals surface area contributed by atoms with Crippen LogP contribution in [-0.2, 0) is 25.9 Å². The molecule has 0 fully saturated rings. The molecule has 1 aliphatic rings. The zero-order chi connectivity index (χ0) is 14.2. The van der Waals surface area contributed by atoms with E-state index < -0.39 is 0 Å². The molecule has 1 aliphatic heterocycles. The number of aromatic nitrogens is 5. The number of nitrogens with zero attached hydrogens (tertiary/aromatic N) is 5. The van der Waals surface area contributed by atoms with Crippen molar-refractivity contribution < 1.29 is 0 Å². The number of rotatable bonds is 4. The van der Waals surface area contributed by atoms with Crippen LogP contribution in [0.25, 0.3) is 4.96 Å². The quantitative estimate of drug-likeness (QED) is 0.796. The van der Waals surface area contributed by atoms with Crippen molar-refractivity contribution in [1.29, 1.82) is 0 Å². The van der Waals surface area contributed by atoms with Crippen LogP contribution in [0.3, 0.4) is 0 Å². The van der Waals surface area contributed by atoms with Crippen LogP contribution in [0.1, 0.15) is 30.7 Å². The molecule has 1 N–H and O–H groups in total. The molecule has 1 unspecified atom stereocenters. The van der Waals surface area contributed by atoms with Gasteiger partial charge in [0.1, 0.15) is 5.82 Å². The average molecular weight is 302 g/mol. The van der Waals surface area contributed by atoms with Crippen molar-refractivity contribution in [3.05, 3.63) is 35.1 Å². The second kappa shape index (κ2) is 5.23. The van der Waals surface area contributed by atoms with Crippen molar-refractivity contribution in [1.82, 2.24) is 29.5 Å². The summed E-state index contributed by atoms with van der Waals surface area (Å²) in [5, 5.41) is 10.2. The molecule has 110 valence electrons. The van der Waals surface area contributed by atoms with Gasteiger partial charge in [-0.2, -0.15) is 5.10 Å². The van der Waals surface area contributed by atoms with Crippen molar-refractivity contribution in [3.8, 4) is 0 Å². The van der Waals surface area contributed by atoms with Gasteiger partial charge in [-0.15, -0.1) is 11.3 Å². The van der Waals surface area contributed by atoms with Crippen molar-refractivity contribution in [2.45, 2.75) is 45.3 Å². The molecule has 21 heavy (non-hydrogen) atoms. The van der Waals surface area contributed by atoms with Crippen LogP contribution in [0.4, 0.5) is 0 Å². The average Bonchev–Trinajstić information content (AvgIpc) is 3.17. The Morgan fingerprint density at radius 3 is 3.24 bits per heavy atom. The predicted molar refractivity (Wildman–Crippen MR) is 81.4 cm³/mol. The molecule has 1 atom stereocenters. The summed E-state index contributed by atoms with van der Waals surface area (Å²) in [6, 6.07) is 0.448. The summed E-state index contributed by atoms with van der Waals surface area (Å²) in [6.45, 7) is 3.82. The number of hydrogen-bond donors (Lipinski definition) is 1. The van der Waals surface area contributed by atoms with E-state index in [0.717, 1.165) is 54.7 Å². The van der Waals surface area contributed by atoms with Gasteiger partial charge in [0, 0.05) is 43.2 Å². The van der Waals surface area contributed by atoms with Crippen LogP contribution in [0.5, 0.6) is 0 Å². The van der Waals surface area contributed by atoms with Crippen LogP contribution in [0.2, 0.25) is 0 Å². The first-order valence-corrected chi connectivity index (χ1v) is 8.27. The molecule has 0 saturated heterocycles. The Hall–Kier alpha value is -1.73. The summed E-state index contributed by atoms with van der Waals surface area (Å²) in [5.41, 5.74) is 1.10. The van der Waals surface area contributed by atoms with Gasteiger partial charge in [-0.1, -0.05) is 6.92 Å². The molecule has 7 heteroatoms. The normalized spacial score (nSPS) is 18.2. The highest BCUT2D eigenvalue weighted by molar-refractivity contribution is 7.15. The lowest BCUT2D eigenvalue weighted by Gasteiger charge is -2.23. The minimum Gasteiger partial charge on any atom is -0.306 e. The summed E-state index contributed by atoms with van der Waals surface area (Å²) in [5.74, 6) is 2.09. The fourth-order valence-electron chi connectivity index (χ4n) is 2.79. The van der Waals surface area contributed by atoms with E-state index in [0.29, 0.717) is 6.04 Å². The Morgan fingerprint density at radius 1 is 1.43 bits per heavy atom. The van der Waals surface area contributed by atoms with E-state index in [2.05, 4.69) is 48.0 Å². The highest BCUT2D eigenvalue weighted by Gasteiger charge is 2.21. The SMILES string of the molecule is CCc1nc2n(n1)CC(NCc1cn3ccsc3n1)CC2. The lowest BCUT2D eigenvalue weighted by atomic mass is 10.1. The first-order chi connectivity index (χ1) is 10.3. The van der Waals surface area contributed by atoms with Crippen LogP contribution >= 0.6 is 11.3 Å². The Balaban J connectivity index is 1.40. The molecule has 0 saturated carbocycles. The van der Waals surface area contributed by atoms with Crippen LogP contribution in [-0.4, -0.2) is 30.2 Å². The smallest absolute Gasteiger partial charge is 0.193 e. The maximum Gasteiger partial charge on any atom is 0.193 e. The maximum atomic E-state index is 4.60. The molecule has 6 nitrogen and oxygen atoms in total. The summed E-state index contributed by atoms with van der Waals surface area (Å²) in [7, 11) is 0. The lowest BCUT2D eigenvalue weighted by Crippen LogP contribution is -2.37. The van der Waals surface area contributed by atoms with Gasteiger partial charge in [0.2, 0.25) is 0 Å². The first kappa shape index (κ1) is 13.0. The maximum absolute atomic E-state index is 4.60. The fraction of sp³-hybridized carbons (Fsp3) is 0.500. The first-order valence-electron chi connectivity index (χ1n) is 7.39. The lowest BCUT2D eigenvalue weighted by molar-refractivity contribution is 0.356. The Bertz CT molecular complexity index is 726. The van der Waals surface area contributed by atoms with Gasteiger partial charge in [-0.05, 0) is 6.42 Å². The monoisotopic (exact) mass is 302 g/mol. The third-order valence-corrected chi connectivity index (χ3v) is 4.70. The van der Waals surface area contributed by atoms with Crippen molar-refractivity contribution in [2.75, 3.05) is 0 Å². The molecule has 0 amide bonds. The van der Waals surface area contributed by atoms with Gasteiger partial charge in [-0.3, -0.25) is 4.40 Å². The second-order valence-corrected chi connectivity index (χ2v) is 6.29. The Labute approximate surface area is 126 Å². The van der Waals surface area contributed by atoms with Crippen molar-refractivity contribution >= 4 is 16.3 Å². The molecule has 4 heterocycles. The number of aryl methyl sites for hydroxylation is 2. The van der Waals surface area contributed by atoms with E-state index in [1.54, 1.807) is 11.3 Å². The minimum absolute atomic E-state index is 0.448. The molecular formula is C14H18N6S. The second-order valence-electron chi connectivity index (χ2n) is 5.42. The summed E-state index contributed by atoms with van der Waals surface area (Å²) in [4.78, 5) is 10.2. The van der Waals surface area contributed by atoms with E-state index in [1.807, 2.05) is 6.20 Å². The fourth-order valence-corrected chi connectivity index (χ4v) is 3.51. The molecule has 4 rings (SSSR count). The zero-order valence-corrected chi connectivity index (χ0v) is 12.8. The molecule has 0 spiro atoms. The van der Waals surface area contributed by atoms with Gasteiger partial charge >= 0.3 is 0 Å². The van der Waals surface area contributed by atoms with Gasteiger partial charge in [0.25, 0.3) is 0 Å². The van der Waals surface area contributed by atoms with Gasteiger partial charge < -0.3 is 5.32 Å². The predicted octanol–water partition coefficient (Wildman–Crippen LogP) is 1.65. The minimum atomic E-state index is 0.448.